The van der Waals surface area contributed by atoms with Crippen LogP contribution >= 0.6 is 11.6 Å². The predicted octanol–water partition coefficient (Wildman–Crippen LogP) is 2.47. The maximum Gasteiger partial charge on any atom is 0.203 e. The average molecular weight is 272 g/mol. The van der Waals surface area contributed by atoms with Crippen LogP contribution in [-0.4, -0.2) is 22.0 Å². The maximum atomic E-state index is 12.2. The minimum atomic E-state index is -3.30. The summed E-state index contributed by atoms with van der Waals surface area (Å²) < 4.78 is 24.4. The molecule has 2 rings (SSSR count). The van der Waals surface area contributed by atoms with Crippen LogP contribution in [0.3, 0.4) is 0 Å². The Morgan fingerprint density at radius 2 is 2.12 bits per heavy atom. The Bertz CT molecular complexity index is 564. The van der Waals surface area contributed by atoms with Gasteiger partial charge in [-0.25, -0.2) is 8.42 Å². The van der Waals surface area contributed by atoms with Gasteiger partial charge in [-0.15, -0.1) is 0 Å². The molecule has 0 radical (unpaired) electrons. The van der Waals surface area contributed by atoms with Crippen molar-refractivity contribution in [2.45, 2.75) is 17.7 Å². The molecule has 0 spiro atoms. The van der Waals surface area contributed by atoms with E-state index in [1.807, 2.05) is 7.05 Å². The number of sulfone groups is 1. The number of halogens is 1. The second-order valence-corrected chi connectivity index (χ2v) is 6.35. The molecule has 0 saturated carbocycles. The summed E-state index contributed by atoms with van der Waals surface area (Å²) in [4.78, 5) is 0.806. The second-order valence-electron chi connectivity index (χ2n) is 3.97. The molecule has 3 nitrogen and oxygen atoms in total. The molecule has 0 unspecified atom stereocenters. The first-order chi connectivity index (χ1) is 8.07. The lowest BCUT2D eigenvalue weighted by atomic mass is 10.2. The molecule has 0 saturated heterocycles. The van der Waals surface area contributed by atoms with Crippen molar-refractivity contribution in [1.29, 1.82) is 0 Å². The summed E-state index contributed by atoms with van der Waals surface area (Å²) in [6, 6.07) is 4.99. The van der Waals surface area contributed by atoms with Crippen LogP contribution in [0.2, 0.25) is 5.02 Å². The molecule has 0 bridgehead atoms. The minimum absolute atomic E-state index is 0.337. The number of rotatable bonds is 4. The molecule has 1 aromatic rings. The zero-order chi connectivity index (χ0) is 12.5. The maximum absolute atomic E-state index is 12.2. The first-order valence-electron chi connectivity index (χ1n) is 5.46. The standard InChI is InChI=1S/C12H14ClNO2S/c1-14-7-3-4-9-8-10-11(13)5-2-6-12(10)17(9,15)16/h2,5-6,8,14H,3-4,7H2,1H3. The Morgan fingerprint density at radius 1 is 1.35 bits per heavy atom. The number of benzene rings is 1. The lowest BCUT2D eigenvalue weighted by Gasteiger charge is -2.03. The third kappa shape index (κ3) is 2.25. The third-order valence-electron chi connectivity index (χ3n) is 2.80. The van der Waals surface area contributed by atoms with E-state index in [0.717, 1.165) is 13.0 Å². The van der Waals surface area contributed by atoms with Gasteiger partial charge >= 0.3 is 0 Å². The summed E-state index contributed by atoms with van der Waals surface area (Å²) in [6.45, 7) is 0.803. The smallest absolute Gasteiger partial charge is 0.203 e. The molecule has 0 fully saturated rings. The molecule has 1 heterocycles. The number of fused-ring (bicyclic) bond motifs is 1. The van der Waals surface area contributed by atoms with Gasteiger partial charge in [0.2, 0.25) is 9.84 Å². The molecule has 1 aromatic carbocycles. The monoisotopic (exact) mass is 271 g/mol. The van der Waals surface area contributed by atoms with Crippen molar-refractivity contribution < 1.29 is 8.42 Å². The molecule has 5 heteroatoms. The number of nitrogens with one attached hydrogen (secondary N) is 1. The largest absolute Gasteiger partial charge is 0.320 e. The fourth-order valence-corrected chi connectivity index (χ4v) is 3.89. The van der Waals surface area contributed by atoms with E-state index in [4.69, 9.17) is 11.6 Å². The lowest BCUT2D eigenvalue weighted by molar-refractivity contribution is 0.600. The molecular weight excluding hydrogens is 258 g/mol. The van der Waals surface area contributed by atoms with E-state index in [1.54, 1.807) is 24.3 Å². The van der Waals surface area contributed by atoms with Gasteiger partial charge in [0.25, 0.3) is 0 Å². The van der Waals surface area contributed by atoms with Crippen molar-refractivity contribution in [3.05, 3.63) is 33.7 Å². The highest BCUT2D eigenvalue weighted by Gasteiger charge is 2.29. The van der Waals surface area contributed by atoms with Gasteiger partial charge in [0.05, 0.1) is 4.90 Å². The van der Waals surface area contributed by atoms with Crippen LogP contribution in [0.15, 0.2) is 28.0 Å². The van der Waals surface area contributed by atoms with Crippen LogP contribution in [0.1, 0.15) is 18.4 Å². The summed E-state index contributed by atoms with van der Waals surface area (Å²) in [5.74, 6) is 0. The predicted molar refractivity (Wildman–Crippen MR) is 69.8 cm³/mol. The van der Waals surface area contributed by atoms with E-state index >= 15 is 0 Å². The molecule has 0 aromatic heterocycles. The Kier molecular flexibility index (Phi) is 3.56. The second kappa shape index (κ2) is 4.80. The molecule has 1 aliphatic heterocycles. The highest BCUT2D eigenvalue weighted by molar-refractivity contribution is 7.95. The molecule has 17 heavy (non-hydrogen) atoms. The van der Waals surface area contributed by atoms with Crippen LogP contribution in [0.25, 0.3) is 6.08 Å². The molecule has 1 aliphatic rings. The van der Waals surface area contributed by atoms with E-state index < -0.39 is 9.84 Å². The average Bonchev–Trinajstić information content (AvgIpc) is 2.54. The number of hydrogen-bond acceptors (Lipinski definition) is 3. The van der Waals surface area contributed by atoms with Gasteiger partial charge in [-0.05, 0) is 44.6 Å². The van der Waals surface area contributed by atoms with Gasteiger partial charge in [-0.2, -0.15) is 0 Å². The van der Waals surface area contributed by atoms with Gasteiger partial charge in [0.15, 0.2) is 0 Å². The van der Waals surface area contributed by atoms with Crippen molar-refractivity contribution in [1.82, 2.24) is 5.32 Å². The molecule has 92 valence electrons. The minimum Gasteiger partial charge on any atom is -0.320 e. The van der Waals surface area contributed by atoms with Crippen LogP contribution in [-0.2, 0) is 9.84 Å². The van der Waals surface area contributed by atoms with Crippen LogP contribution in [0, 0.1) is 0 Å². The zero-order valence-electron chi connectivity index (χ0n) is 9.53. The van der Waals surface area contributed by atoms with Gasteiger partial charge in [0.1, 0.15) is 0 Å². The topological polar surface area (TPSA) is 46.2 Å². The highest BCUT2D eigenvalue weighted by atomic mass is 35.5. The SMILES string of the molecule is CNCCCC1=Cc2c(Cl)cccc2S1(=O)=O. The summed E-state index contributed by atoms with van der Waals surface area (Å²) in [5.41, 5.74) is 0.633. The summed E-state index contributed by atoms with van der Waals surface area (Å²) in [5, 5.41) is 3.50. The number of allylic oxidation sites excluding steroid dienone is 1. The van der Waals surface area contributed by atoms with E-state index in [-0.39, 0.29) is 0 Å². The van der Waals surface area contributed by atoms with Gasteiger partial charge in [0, 0.05) is 15.5 Å². The Balaban J connectivity index is 2.34. The van der Waals surface area contributed by atoms with Crippen LogP contribution in [0.4, 0.5) is 0 Å². The summed E-state index contributed by atoms with van der Waals surface area (Å²) in [6.07, 6.45) is 3.05. The van der Waals surface area contributed by atoms with Crippen molar-refractivity contribution in [2.75, 3.05) is 13.6 Å². The van der Waals surface area contributed by atoms with E-state index in [2.05, 4.69) is 5.32 Å². The van der Waals surface area contributed by atoms with Crippen molar-refractivity contribution in [3.8, 4) is 0 Å². The summed E-state index contributed by atoms with van der Waals surface area (Å²) in [7, 11) is -1.45. The molecule has 0 atom stereocenters. The first-order valence-corrected chi connectivity index (χ1v) is 7.32. The van der Waals surface area contributed by atoms with Crippen LogP contribution in [0.5, 0.6) is 0 Å². The Labute approximate surface area is 106 Å². The first kappa shape index (κ1) is 12.6. The highest BCUT2D eigenvalue weighted by Crippen LogP contribution is 2.38. The fourth-order valence-electron chi connectivity index (χ4n) is 1.92. The molecule has 0 aliphatic carbocycles. The fraction of sp³-hybridized carbons (Fsp3) is 0.333. The van der Waals surface area contributed by atoms with Crippen LogP contribution < -0.4 is 5.32 Å². The van der Waals surface area contributed by atoms with Gasteiger partial charge < -0.3 is 5.32 Å². The van der Waals surface area contributed by atoms with Gasteiger partial charge in [-0.3, -0.25) is 0 Å². The van der Waals surface area contributed by atoms with Crippen molar-refractivity contribution in [2.24, 2.45) is 0 Å². The van der Waals surface area contributed by atoms with Crippen molar-refractivity contribution in [3.63, 3.8) is 0 Å². The van der Waals surface area contributed by atoms with Crippen molar-refractivity contribution >= 4 is 27.5 Å². The van der Waals surface area contributed by atoms with E-state index in [0.29, 0.717) is 26.8 Å². The molecule has 1 N–H and O–H groups in total. The van der Waals surface area contributed by atoms with Gasteiger partial charge in [-0.1, -0.05) is 17.7 Å². The quantitative estimate of drug-likeness (QED) is 0.856. The number of hydrogen-bond donors (Lipinski definition) is 1. The summed E-state index contributed by atoms with van der Waals surface area (Å²) >= 11 is 6.00. The van der Waals surface area contributed by atoms with E-state index in [1.165, 1.54) is 0 Å². The zero-order valence-corrected chi connectivity index (χ0v) is 11.1. The molecular formula is C12H14ClNO2S. The third-order valence-corrected chi connectivity index (χ3v) is 5.08. The van der Waals surface area contributed by atoms with E-state index in [9.17, 15) is 8.42 Å². The lowest BCUT2D eigenvalue weighted by Crippen LogP contribution is -2.09. The molecule has 0 amide bonds. The normalized spacial score (nSPS) is 16.7. The Hall–Kier alpha value is -0.840. The Morgan fingerprint density at radius 3 is 2.76 bits per heavy atom.